The summed E-state index contributed by atoms with van der Waals surface area (Å²) < 4.78 is 68.8. The zero-order valence-corrected chi connectivity index (χ0v) is 67.8. The highest BCUT2D eigenvalue weighted by Gasteiger charge is 2.30. The smallest absolute Gasteiger partial charge is 0.462 e. The van der Waals surface area contributed by atoms with E-state index in [1.54, 1.807) is 0 Å². The molecule has 0 heterocycles. The average molecular weight is 1480 g/mol. The molecule has 0 aromatic carbocycles. The lowest BCUT2D eigenvalue weighted by Crippen LogP contribution is -2.30. The number of carbonyl (C=O) groups excluding carboxylic acids is 4. The van der Waals surface area contributed by atoms with Crippen molar-refractivity contribution in [2.45, 2.75) is 457 Å². The summed E-state index contributed by atoms with van der Waals surface area (Å²) in [6.45, 7) is 7.35. The number of esters is 4. The van der Waals surface area contributed by atoms with Crippen LogP contribution >= 0.6 is 15.6 Å². The number of unbranched alkanes of at least 4 members (excludes halogenated alkanes) is 53. The maximum atomic E-state index is 13.1. The highest BCUT2D eigenvalue weighted by molar-refractivity contribution is 7.47. The van der Waals surface area contributed by atoms with Gasteiger partial charge >= 0.3 is 39.5 Å². The minimum absolute atomic E-state index is 0.108. The van der Waals surface area contributed by atoms with Crippen LogP contribution in [0.5, 0.6) is 0 Å². The van der Waals surface area contributed by atoms with E-state index in [9.17, 15) is 43.2 Å². The third-order valence-electron chi connectivity index (χ3n) is 19.6. The molecule has 0 aliphatic heterocycles. The molecule has 6 atom stereocenters. The van der Waals surface area contributed by atoms with Crippen LogP contribution in [-0.4, -0.2) is 96.7 Å². The van der Waals surface area contributed by atoms with Gasteiger partial charge in [-0.1, -0.05) is 388 Å². The Hall–Kier alpha value is -1.94. The maximum absolute atomic E-state index is 13.1. The van der Waals surface area contributed by atoms with Crippen LogP contribution < -0.4 is 0 Å². The van der Waals surface area contributed by atoms with Crippen LogP contribution in [-0.2, 0) is 65.4 Å². The standard InChI is InChI=1S/C82H160O17P2/c1-6-10-13-16-19-22-25-28-31-33-34-37-40-43-46-53-58-63-68-81(86)98-77(71-92-79(84)65-60-55-50-44-41-38-36-32-29-26-23-20-17-14-11-7-2)73-96-100(88,89)94-69-76(83)70-95-101(90,91)97-74-78(72-93-80(85)66-61-56-51-48-47-49-54-59-64-75(5)9-4)99-82(87)67-62-57-52-45-42-39-35-30-27-24-21-18-15-12-8-3/h75-78,83H,6-74H2,1-5H3,(H,88,89)(H,90,91)/t75?,76-,77-,78-/m1/s1. The van der Waals surface area contributed by atoms with Gasteiger partial charge in [0.25, 0.3) is 0 Å². The first-order valence-corrected chi connectivity index (χ1v) is 45.7. The Morgan fingerprint density at radius 1 is 0.277 bits per heavy atom. The number of aliphatic hydroxyl groups is 1. The van der Waals surface area contributed by atoms with Crippen molar-refractivity contribution in [3.8, 4) is 0 Å². The van der Waals surface area contributed by atoms with Gasteiger partial charge in [0.2, 0.25) is 0 Å². The second-order valence-corrected chi connectivity index (χ2v) is 32.7. The average Bonchev–Trinajstić information content (AvgIpc) is 1.06. The highest BCUT2D eigenvalue weighted by Crippen LogP contribution is 2.45. The molecule has 17 nitrogen and oxygen atoms in total. The third kappa shape index (κ3) is 74.7. The molecule has 19 heteroatoms. The Morgan fingerprint density at radius 2 is 0.475 bits per heavy atom. The summed E-state index contributed by atoms with van der Waals surface area (Å²) in [5.41, 5.74) is 0. The summed E-state index contributed by atoms with van der Waals surface area (Å²) in [6, 6.07) is 0. The Bertz CT molecular complexity index is 1930. The molecule has 0 fully saturated rings. The maximum Gasteiger partial charge on any atom is 0.472 e. The molecule has 0 amide bonds. The summed E-state index contributed by atoms with van der Waals surface area (Å²) in [6.07, 6.45) is 66.4. The minimum atomic E-state index is -4.96. The summed E-state index contributed by atoms with van der Waals surface area (Å²) in [7, 11) is -9.92. The van der Waals surface area contributed by atoms with E-state index in [0.29, 0.717) is 25.7 Å². The molecule has 0 rings (SSSR count). The molecule has 0 spiro atoms. The van der Waals surface area contributed by atoms with Crippen LogP contribution in [0.3, 0.4) is 0 Å². The van der Waals surface area contributed by atoms with E-state index in [2.05, 4.69) is 34.6 Å². The van der Waals surface area contributed by atoms with Crippen molar-refractivity contribution in [2.75, 3.05) is 39.6 Å². The normalized spacial score (nSPS) is 14.1. The fraction of sp³-hybridized carbons (Fsp3) is 0.951. The van der Waals surface area contributed by atoms with E-state index < -0.39 is 97.5 Å². The monoisotopic (exact) mass is 1480 g/mol. The number of hydrogen-bond acceptors (Lipinski definition) is 15. The van der Waals surface area contributed by atoms with Crippen molar-refractivity contribution >= 4 is 39.5 Å². The Kier molecular flexibility index (Phi) is 73.5. The molecule has 3 unspecified atom stereocenters. The molecule has 600 valence electrons. The number of phosphoric acid groups is 2. The lowest BCUT2D eigenvalue weighted by Gasteiger charge is -2.21. The summed E-state index contributed by atoms with van der Waals surface area (Å²) in [5, 5.41) is 10.7. The van der Waals surface area contributed by atoms with Crippen molar-refractivity contribution in [1.82, 2.24) is 0 Å². The molecule has 0 bridgehead atoms. The van der Waals surface area contributed by atoms with Crippen LogP contribution in [0.4, 0.5) is 0 Å². The summed E-state index contributed by atoms with van der Waals surface area (Å²) in [4.78, 5) is 73.1. The van der Waals surface area contributed by atoms with Crippen molar-refractivity contribution in [1.29, 1.82) is 0 Å². The van der Waals surface area contributed by atoms with E-state index >= 15 is 0 Å². The number of carbonyl (C=O) groups is 4. The van der Waals surface area contributed by atoms with Crippen LogP contribution in [0.2, 0.25) is 0 Å². The number of phosphoric ester groups is 2. The molecule has 0 saturated carbocycles. The van der Waals surface area contributed by atoms with Crippen LogP contribution in [0, 0.1) is 5.92 Å². The number of ether oxygens (including phenoxy) is 4. The Morgan fingerprint density at radius 3 is 0.703 bits per heavy atom. The Balaban J connectivity index is 5.26. The molecule has 0 aromatic heterocycles. The van der Waals surface area contributed by atoms with E-state index in [-0.39, 0.29) is 25.7 Å². The van der Waals surface area contributed by atoms with Gasteiger partial charge in [-0.2, -0.15) is 0 Å². The van der Waals surface area contributed by atoms with Crippen LogP contribution in [0.1, 0.15) is 439 Å². The topological polar surface area (TPSA) is 237 Å². The van der Waals surface area contributed by atoms with Gasteiger partial charge in [-0.05, 0) is 31.6 Å². The summed E-state index contributed by atoms with van der Waals surface area (Å²) in [5.74, 6) is -1.33. The van der Waals surface area contributed by atoms with E-state index in [1.165, 1.54) is 263 Å². The zero-order valence-electron chi connectivity index (χ0n) is 66.1. The van der Waals surface area contributed by atoms with Crippen LogP contribution in [0.15, 0.2) is 0 Å². The first kappa shape index (κ1) is 99.1. The minimum Gasteiger partial charge on any atom is -0.462 e. The van der Waals surface area contributed by atoms with Crippen molar-refractivity contribution in [2.24, 2.45) is 5.92 Å². The second-order valence-electron chi connectivity index (χ2n) is 29.8. The molecule has 0 aliphatic carbocycles. The quantitative estimate of drug-likeness (QED) is 0.0222. The number of hydrogen-bond donors (Lipinski definition) is 3. The SMILES string of the molecule is CCCCCCCCCCCCCCCCCCCCC(=O)O[C@H](COC(=O)CCCCCCCCCCCCCCCCCC)COP(=O)(O)OC[C@@H](O)COP(=O)(O)OC[C@@H](COC(=O)CCCCCCCCCCC(C)CC)OC(=O)CCCCCCCCCCCCCCCCC. The van der Waals surface area contributed by atoms with Gasteiger partial charge in [0, 0.05) is 25.7 Å². The van der Waals surface area contributed by atoms with Crippen molar-refractivity contribution in [3.63, 3.8) is 0 Å². The van der Waals surface area contributed by atoms with Crippen molar-refractivity contribution in [3.05, 3.63) is 0 Å². The number of aliphatic hydroxyl groups excluding tert-OH is 1. The molecule has 0 aromatic rings. The van der Waals surface area contributed by atoms with Gasteiger partial charge in [0.1, 0.15) is 19.3 Å². The Labute approximate surface area is 619 Å². The second kappa shape index (κ2) is 74.9. The van der Waals surface area contributed by atoms with E-state index in [1.807, 2.05) is 0 Å². The molecular weight excluding hydrogens is 1320 g/mol. The highest BCUT2D eigenvalue weighted by atomic mass is 31.2. The molecule has 3 N–H and O–H groups in total. The molecule has 0 aliphatic rings. The summed E-state index contributed by atoms with van der Waals surface area (Å²) >= 11 is 0. The molecule has 0 radical (unpaired) electrons. The largest absolute Gasteiger partial charge is 0.472 e. The molecule has 0 saturated heterocycles. The molecular formula is C82H160O17P2. The van der Waals surface area contributed by atoms with E-state index in [0.717, 1.165) is 95.8 Å². The van der Waals surface area contributed by atoms with Gasteiger partial charge in [-0.3, -0.25) is 37.3 Å². The number of rotatable bonds is 82. The fourth-order valence-corrected chi connectivity index (χ4v) is 14.3. The lowest BCUT2D eigenvalue weighted by molar-refractivity contribution is -0.161. The van der Waals surface area contributed by atoms with Gasteiger partial charge in [-0.15, -0.1) is 0 Å². The predicted octanol–water partition coefficient (Wildman–Crippen LogP) is 24.8. The first-order chi connectivity index (χ1) is 49.1. The van der Waals surface area contributed by atoms with Gasteiger partial charge < -0.3 is 33.8 Å². The zero-order chi connectivity index (χ0) is 74.1. The van der Waals surface area contributed by atoms with Gasteiger partial charge in [0.05, 0.1) is 26.4 Å². The fourth-order valence-electron chi connectivity index (χ4n) is 12.7. The lowest BCUT2D eigenvalue weighted by atomic mass is 9.99. The van der Waals surface area contributed by atoms with E-state index in [4.69, 9.17) is 37.0 Å². The molecule has 101 heavy (non-hydrogen) atoms. The third-order valence-corrected chi connectivity index (χ3v) is 21.5. The van der Waals surface area contributed by atoms with Gasteiger partial charge in [-0.25, -0.2) is 9.13 Å². The van der Waals surface area contributed by atoms with Gasteiger partial charge in [0.15, 0.2) is 12.2 Å². The first-order valence-electron chi connectivity index (χ1n) is 42.7. The predicted molar refractivity (Wildman–Crippen MR) is 414 cm³/mol. The van der Waals surface area contributed by atoms with Crippen LogP contribution in [0.25, 0.3) is 0 Å². The van der Waals surface area contributed by atoms with Crippen molar-refractivity contribution < 1.29 is 80.2 Å².